The summed E-state index contributed by atoms with van der Waals surface area (Å²) in [6.07, 6.45) is 1.88. The van der Waals surface area contributed by atoms with E-state index in [1.54, 1.807) is 0 Å². The fourth-order valence-electron chi connectivity index (χ4n) is 4.03. The van der Waals surface area contributed by atoms with Gasteiger partial charge in [-0.2, -0.15) is 0 Å². The molecule has 0 aromatic heterocycles. The summed E-state index contributed by atoms with van der Waals surface area (Å²) in [6, 6.07) is 25.4. The average molecular weight is 431 g/mol. The number of unbranched alkanes of at least 4 members (excludes halogenated alkanes) is 1. The van der Waals surface area contributed by atoms with Crippen LogP contribution in [0.2, 0.25) is 0 Å². The lowest BCUT2D eigenvalue weighted by molar-refractivity contribution is -0.152. The number of carbonyl (C=O) groups is 1. The van der Waals surface area contributed by atoms with Crippen LogP contribution in [0.3, 0.4) is 0 Å². The highest BCUT2D eigenvalue weighted by Gasteiger charge is 2.33. The summed E-state index contributed by atoms with van der Waals surface area (Å²) in [5.41, 5.74) is 9.94. The van der Waals surface area contributed by atoms with Gasteiger partial charge in [-0.25, -0.2) is 4.79 Å². The quantitative estimate of drug-likeness (QED) is 0.376. The average Bonchev–Trinajstić information content (AvgIpc) is 3.26. The van der Waals surface area contributed by atoms with Crippen molar-refractivity contribution in [1.29, 1.82) is 0 Å². The zero-order valence-electron chi connectivity index (χ0n) is 18.3. The molecule has 0 saturated heterocycles. The van der Waals surface area contributed by atoms with Gasteiger partial charge in [-0.15, -0.1) is 0 Å². The maximum absolute atomic E-state index is 13.3. The van der Waals surface area contributed by atoms with Crippen LogP contribution in [0.5, 0.6) is 5.75 Å². The van der Waals surface area contributed by atoms with Crippen molar-refractivity contribution in [2.45, 2.75) is 38.6 Å². The van der Waals surface area contributed by atoms with E-state index in [9.17, 15) is 4.79 Å². The van der Waals surface area contributed by atoms with Crippen molar-refractivity contribution in [3.8, 4) is 5.75 Å². The first-order valence-electron chi connectivity index (χ1n) is 11.2. The van der Waals surface area contributed by atoms with Crippen molar-refractivity contribution < 1.29 is 14.3 Å². The van der Waals surface area contributed by atoms with Crippen LogP contribution in [-0.4, -0.2) is 24.0 Å². The maximum atomic E-state index is 13.3. The second-order valence-electron chi connectivity index (χ2n) is 8.08. The number of ether oxygens (including phenoxy) is 2. The SMILES string of the molecule is NCCCCOc1ccc([C@@H](C(=O)OCc2ccccc2)N2Cc3ccccc3C2)cc1. The van der Waals surface area contributed by atoms with Crippen molar-refractivity contribution in [2.75, 3.05) is 13.2 Å². The van der Waals surface area contributed by atoms with E-state index in [1.807, 2.05) is 66.7 Å². The van der Waals surface area contributed by atoms with Crippen LogP contribution >= 0.6 is 0 Å². The summed E-state index contributed by atoms with van der Waals surface area (Å²) in [5, 5.41) is 0. The zero-order chi connectivity index (χ0) is 22.2. The normalized spacial score (nSPS) is 14.0. The Bertz CT molecular complexity index is 980. The maximum Gasteiger partial charge on any atom is 0.328 e. The lowest BCUT2D eigenvalue weighted by atomic mass is 10.1. The van der Waals surface area contributed by atoms with Gasteiger partial charge in [0.05, 0.1) is 6.61 Å². The zero-order valence-corrected chi connectivity index (χ0v) is 18.3. The molecule has 0 spiro atoms. The first-order valence-corrected chi connectivity index (χ1v) is 11.2. The number of fused-ring (bicyclic) bond motifs is 1. The molecule has 0 amide bonds. The molecule has 0 radical (unpaired) electrons. The van der Waals surface area contributed by atoms with Gasteiger partial charge in [0.25, 0.3) is 0 Å². The molecule has 166 valence electrons. The molecule has 1 heterocycles. The highest BCUT2D eigenvalue weighted by atomic mass is 16.5. The van der Waals surface area contributed by atoms with Gasteiger partial charge >= 0.3 is 5.97 Å². The Kier molecular flexibility index (Phi) is 7.54. The standard InChI is InChI=1S/C27H30N2O3/c28-16-6-7-17-31-25-14-12-22(13-15-25)26(27(30)32-20-21-8-2-1-3-9-21)29-18-23-10-4-5-11-24(23)19-29/h1-5,8-15,26H,6-7,16-20,28H2/t26-/m0/s1. The lowest BCUT2D eigenvalue weighted by Gasteiger charge is -2.26. The predicted molar refractivity (Wildman–Crippen MR) is 125 cm³/mol. The van der Waals surface area contributed by atoms with Crippen LogP contribution in [0.15, 0.2) is 78.9 Å². The molecule has 32 heavy (non-hydrogen) atoms. The number of benzene rings is 3. The Morgan fingerprint density at radius 3 is 2.19 bits per heavy atom. The Balaban J connectivity index is 1.49. The summed E-state index contributed by atoms with van der Waals surface area (Å²) < 4.78 is 11.6. The van der Waals surface area contributed by atoms with E-state index in [2.05, 4.69) is 17.0 Å². The highest BCUT2D eigenvalue weighted by Crippen LogP contribution is 2.33. The molecule has 1 atom stereocenters. The second kappa shape index (κ2) is 10.9. The number of nitrogens with two attached hydrogens (primary N) is 1. The van der Waals surface area contributed by atoms with Gasteiger partial charge in [-0.1, -0.05) is 66.7 Å². The summed E-state index contributed by atoms with van der Waals surface area (Å²) in [7, 11) is 0. The molecule has 0 fully saturated rings. The number of hydrogen-bond donors (Lipinski definition) is 1. The third kappa shape index (κ3) is 5.55. The summed E-state index contributed by atoms with van der Waals surface area (Å²) in [5.74, 6) is 0.560. The molecule has 0 saturated carbocycles. The molecule has 2 N–H and O–H groups in total. The van der Waals surface area contributed by atoms with Crippen molar-refractivity contribution in [3.05, 3.63) is 101 Å². The molecule has 1 aliphatic rings. The van der Waals surface area contributed by atoms with Crippen LogP contribution in [0, 0.1) is 0 Å². The number of esters is 1. The molecular formula is C27H30N2O3. The molecule has 0 bridgehead atoms. The Labute approximate surface area is 189 Å². The molecule has 5 nitrogen and oxygen atoms in total. The van der Waals surface area contributed by atoms with Gasteiger partial charge in [-0.05, 0) is 53.8 Å². The third-order valence-corrected chi connectivity index (χ3v) is 5.74. The molecule has 4 rings (SSSR count). The molecule has 5 heteroatoms. The molecule has 1 aliphatic heterocycles. The van der Waals surface area contributed by atoms with E-state index in [0.717, 1.165) is 42.8 Å². The van der Waals surface area contributed by atoms with E-state index in [0.29, 0.717) is 13.2 Å². The van der Waals surface area contributed by atoms with Gasteiger partial charge in [-0.3, -0.25) is 4.90 Å². The third-order valence-electron chi connectivity index (χ3n) is 5.74. The Hall–Kier alpha value is -3.15. The second-order valence-corrected chi connectivity index (χ2v) is 8.08. The summed E-state index contributed by atoms with van der Waals surface area (Å²) in [4.78, 5) is 15.5. The van der Waals surface area contributed by atoms with Gasteiger partial charge in [0.2, 0.25) is 0 Å². The van der Waals surface area contributed by atoms with Crippen LogP contribution < -0.4 is 10.5 Å². The molecule has 3 aromatic rings. The number of rotatable bonds is 10. The number of nitrogens with zero attached hydrogens (tertiary/aromatic N) is 1. The van der Waals surface area contributed by atoms with Crippen LogP contribution in [0.1, 0.15) is 41.1 Å². The Morgan fingerprint density at radius 1 is 0.875 bits per heavy atom. The van der Waals surface area contributed by atoms with Crippen molar-refractivity contribution >= 4 is 5.97 Å². The topological polar surface area (TPSA) is 64.8 Å². The summed E-state index contributed by atoms with van der Waals surface area (Å²) >= 11 is 0. The van der Waals surface area contributed by atoms with Crippen molar-refractivity contribution in [1.82, 2.24) is 4.90 Å². The first kappa shape index (κ1) is 22.1. The fraction of sp³-hybridized carbons (Fsp3) is 0.296. The van der Waals surface area contributed by atoms with Crippen LogP contribution in [0.25, 0.3) is 0 Å². The van der Waals surface area contributed by atoms with Crippen LogP contribution in [-0.2, 0) is 29.2 Å². The molecule has 0 aliphatic carbocycles. The van der Waals surface area contributed by atoms with Gasteiger partial charge in [0, 0.05) is 13.1 Å². The summed E-state index contributed by atoms with van der Waals surface area (Å²) in [6.45, 7) is 3.02. The number of carbonyl (C=O) groups excluding carboxylic acids is 1. The fourth-order valence-corrected chi connectivity index (χ4v) is 4.03. The van der Waals surface area contributed by atoms with E-state index in [4.69, 9.17) is 15.2 Å². The molecule has 0 unspecified atom stereocenters. The van der Waals surface area contributed by atoms with E-state index >= 15 is 0 Å². The molecular weight excluding hydrogens is 400 g/mol. The minimum atomic E-state index is -0.475. The first-order chi connectivity index (χ1) is 15.7. The minimum absolute atomic E-state index is 0.238. The van der Waals surface area contributed by atoms with E-state index in [-0.39, 0.29) is 12.6 Å². The van der Waals surface area contributed by atoms with Gasteiger partial charge < -0.3 is 15.2 Å². The van der Waals surface area contributed by atoms with E-state index in [1.165, 1.54) is 11.1 Å². The smallest absolute Gasteiger partial charge is 0.328 e. The highest BCUT2D eigenvalue weighted by molar-refractivity contribution is 5.78. The molecule has 3 aromatic carbocycles. The predicted octanol–water partition coefficient (Wildman–Crippen LogP) is 4.60. The van der Waals surface area contributed by atoms with Crippen molar-refractivity contribution in [2.24, 2.45) is 5.73 Å². The van der Waals surface area contributed by atoms with E-state index < -0.39 is 6.04 Å². The monoisotopic (exact) mass is 430 g/mol. The van der Waals surface area contributed by atoms with Gasteiger partial charge in [0.1, 0.15) is 18.4 Å². The van der Waals surface area contributed by atoms with Gasteiger partial charge in [0.15, 0.2) is 0 Å². The minimum Gasteiger partial charge on any atom is -0.494 e. The lowest BCUT2D eigenvalue weighted by Crippen LogP contribution is -2.31. The largest absolute Gasteiger partial charge is 0.494 e. The van der Waals surface area contributed by atoms with Crippen LogP contribution in [0.4, 0.5) is 0 Å². The van der Waals surface area contributed by atoms with Crippen molar-refractivity contribution in [3.63, 3.8) is 0 Å². The Morgan fingerprint density at radius 2 is 1.53 bits per heavy atom. The number of hydrogen-bond acceptors (Lipinski definition) is 5.